The molecular weight excluding hydrogens is 216 g/mol. The molecule has 0 atom stereocenters. The molecule has 0 aliphatic carbocycles. The number of hydrogen-bond donors (Lipinski definition) is 0. The summed E-state index contributed by atoms with van der Waals surface area (Å²) in [6.45, 7) is 1.57. The van der Waals surface area contributed by atoms with Crippen LogP contribution in [0, 0.1) is 0 Å². The fourth-order valence-electron chi connectivity index (χ4n) is 1.73. The molecule has 1 saturated heterocycles. The van der Waals surface area contributed by atoms with E-state index in [2.05, 4.69) is 12.1 Å². The molecule has 0 spiro atoms. The Morgan fingerprint density at radius 2 is 2.18 bits per heavy atom. The van der Waals surface area contributed by atoms with Crippen LogP contribution in [0.4, 0.5) is 0 Å². The smallest absolute Gasteiger partial charge is 0.176 e. The lowest BCUT2D eigenvalue weighted by molar-refractivity contribution is -0.149. The molecule has 0 aromatic heterocycles. The molecule has 3 heteroatoms. The molecule has 0 N–H and O–H groups in total. The van der Waals surface area contributed by atoms with Gasteiger partial charge in [-0.1, -0.05) is 18.2 Å². The van der Waals surface area contributed by atoms with E-state index in [0.717, 1.165) is 31.8 Å². The van der Waals surface area contributed by atoms with Crippen LogP contribution in [0.15, 0.2) is 36.4 Å². The fourth-order valence-corrected chi connectivity index (χ4v) is 1.73. The van der Waals surface area contributed by atoms with Crippen molar-refractivity contribution in [1.82, 2.24) is 0 Å². The van der Waals surface area contributed by atoms with E-state index in [9.17, 15) is 0 Å². The van der Waals surface area contributed by atoms with Crippen molar-refractivity contribution in [3.8, 4) is 5.75 Å². The number of methoxy groups -OCH3 is 1. The first-order chi connectivity index (χ1) is 8.38. The van der Waals surface area contributed by atoms with E-state index in [1.54, 1.807) is 7.11 Å². The molecule has 1 heterocycles. The summed E-state index contributed by atoms with van der Waals surface area (Å²) in [5, 5.41) is 0. The molecule has 0 bridgehead atoms. The Hall–Kier alpha value is -1.32. The Morgan fingerprint density at radius 1 is 1.35 bits per heavy atom. The summed E-state index contributed by atoms with van der Waals surface area (Å²) < 4.78 is 16.0. The third-order valence-corrected chi connectivity index (χ3v) is 2.63. The summed E-state index contributed by atoms with van der Waals surface area (Å²) in [6, 6.07) is 8.05. The van der Waals surface area contributed by atoms with E-state index in [0.29, 0.717) is 0 Å². The minimum atomic E-state index is -0.172. The summed E-state index contributed by atoms with van der Waals surface area (Å²) in [6.07, 6.45) is 5.72. The minimum Gasteiger partial charge on any atom is -0.497 e. The maximum Gasteiger partial charge on any atom is 0.176 e. The van der Waals surface area contributed by atoms with Gasteiger partial charge in [0.15, 0.2) is 6.29 Å². The van der Waals surface area contributed by atoms with E-state index < -0.39 is 0 Å². The quantitative estimate of drug-likeness (QED) is 0.749. The van der Waals surface area contributed by atoms with E-state index >= 15 is 0 Å². The van der Waals surface area contributed by atoms with Gasteiger partial charge in [-0.2, -0.15) is 0 Å². The predicted octanol–water partition coefficient (Wildman–Crippen LogP) is 2.56. The lowest BCUT2D eigenvalue weighted by Gasteiger charge is -2.20. The van der Waals surface area contributed by atoms with Crippen LogP contribution in [0.3, 0.4) is 0 Å². The molecule has 3 nitrogen and oxygen atoms in total. The van der Waals surface area contributed by atoms with Gasteiger partial charge in [0.1, 0.15) is 5.75 Å². The van der Waals surface area contributed by atoms with Crippen LogP contribution in [-0.2, 0) is 15.9 Å². The molecule has 1 aliphatic rings. The Balaban J connectivity index is 1.85. The molecule has 1 fully saturated rings. The van der Waals surface area contributed by atoms with Crippen LogP contribution in [0.5, 0.6) is 5.75 Å². The molecule has 0 unspecified atom stereocenters. The number of ether oxygens (including phenoxy) is 3. The van der Waals surface area contributed by atoms with Crippen molar-refractivity contribution in [3.05, 3.63) is 42.0 Å². The Bertz CT molecular complexity index is 367. The normalized spacial score (nSPS) is 17.5. The average molecular weight is 234 g/mol. The highest BCUT2D eigenvalue weighted by Crippen LogP contribution is 2.13. The van der Waals surface area contributed by atoms with Crippen LogP contribution in [0.25, 0.3) is 0 Å². The standard InChI is InChI=1S/C14H18O3/c1-15-13-7-2-5-12(11-13)6-3-8-14-16-9-4-10-17-14/h2-3,5,7-8,11,14H,4,6,9-10H2,1H3/b8-3+. The van der Waals surface area contributed by atoms with Gasteiger partial charge in [-0.05, 0) is 36.6 Å². The van der Waals surface area contributed by atoms with Crippen molar-refractivity contribution in [2.75, 3.05) is 20.3 Å². The molecule has 92 valence electrons. The van der Waals surface area contributed by atoms with Gasteiger partial charge >= 0.3 is 0 Å². The first kappa shape index (κ1) is 12.1. The Labute approximate surface area is 102 Å². The van der Waals surface area contributed by atoms with E-state index in [-0.39, 0.29) is 6.29 Å². The van der Waals surface area contributed by atoms with Gasteiger partial charge in [0.05, 0.1) is 20.3 Å². The molecule has 17 heavy (non-hydrogen) atoms. The van der Waals surface area contributed by atoms with Gasteiger partial charge in [-0.25, -0.2) is 0 Å². The summed E-state index contributed by atoms with van der Waals surface area (Å²) in [4.78, 5) is 0. The van der Waals surface area contributed by atoms with E-state index in [1.165, 1.54) is 5.56 Å². The maximum absolute atomic E-state index is 5.43. The van der Waals surface area contributed by atoms with E-state index in [1.807, 2.05) is 24.3 Å². The molecule has 0 radical (unpaired) electrons. The lowest BCUT2D eigenvalue weighted by atomic mass is 10.1. The topological polar surface area (TPSA) is 27.7 Å². The second-order valence-corrected chi connectivity index (χ2v) is 3.95. The molecule has 0 amide bonds. The number of rotatable bonds is 4. The third kappa shape index (κ3) is 3.88. The highest BCUT2D eigenvalue weighted by atomic mass is 16.7. The van der Waals surface area contributed by atoms with Gasteiger partial charge in [-0.3, -0.25) is 0 Å². The van der Waals surface area contributed by atoms with Crippen LogP contribution >= 0.6 is 0 Å². The molecule has 0 saturated carbocycles. The average Bonchev–Trinajstić information content (AvgIpc) is 2.40. The van der Waals surface area contributed by atoms with Crippen LogP contribution in [0.2, 0.25) is 0 Å². The van der Waals surface area contributed by atoms with Crippen LogP contribution in [-0.4, -0.2) is 26.6 Å². The first-order valence-corrected chi connectivity index (χ1v) is 5.91. The number of hydrogen-bond acceptors (Lipinski definition) is 3. The lowest BCUT2D eigenvalue weighted by Crippen LogP contribution is -2.22. The second-order valence-electron chi connectivity index (χ2n) is 3.95. The van der Waals surface area contributed by atoms with Gasteiger partial charge in [0.25, 0.3) is 0 Å². The zero-order valence-electron chi connectivity index (χ0n) is 10.1. The molecule has 1 aliphatic heterocycles. The second kappa shape index (κ2) is 6.42. The molecular formula is C14H18O3. The number of benzene rings is 1. The monoisotopic (exact) mass is 234 g/mol. The SMILES string of the molecule is COc1cccc(C/C=C/C2OCCCO2)c1. The van der Waals surface area contributed by atoms with Gasteiger partial charge in [-0.15, -0.1) is 0 Å². The number of allylic oxidation sites excluding steroid dienone is 1. The summed E-state index contributed by atoms with van der Waals surface area (Å²) >= 11 is 0. The minimum absolute atomic E-state index is 0.172. The highest BCUT2D eigenvalue weighted by molar-refractivity contribution is 5.29. The molecule has 2 rings (SSSR count). The van der Waals surface area contributed by atoms with Crippen molar-refractivity contribution >= 4 is 0 Å². The fraction of sp³-hybridized carbons (Fsp3) is 0.429. The van der Waals surface area contributed by atoms with Crippen molar-refractivity contribution in [2.45, 2.75) is 19.1 Å². The summed E-state index contributed by atoms with van der Waals surface area (Å²) in [5.41, 5.74) is 1.22. The zero-order valence-corrected chi connectivity index (χ0v) is 10.1. The third-order valence-electron chi connectivity index (χ3n) is 2.63. The van der Waals surface area contributed by atoms with Gasteiger partial charge in [0, 0.05) is 0 Å². The van der Waals surface area contributed by atoms with Gasteiger partial charge in [0.2, 0.25) is 0 Å². The van der Waals surface area contributed by atoms with E-state index in [4.69, 9.17) is 14.2 Å². The van der Waals surface area contributed by atoms with Crippen molar-refractivity contribution in [1.29, 1.82) is 0 Å². The predicted molar refractivity (Wildman–Crippen MR) is 66.1 cm³/mol. The largest absolute Gasteiger partial charge is 0.497 e. The Morgan fingerprint density at radius 3 is 2.94 bits per heavy atom. The molecule has 1 aromatic carbocycles. The van der Waals surface area contributed by atoms with Crippen molar-refractivity contribution in [2.24, 2.45) is 0 Å². The summed E-state index contributed by atoms with van der Waals surface area (Å²) in [5.74, 6) is 0.890. The van der Waals surface area contributed by atoms with Crippen LogP contribution in [0.1, 0.15) is 12.0 Å². The van der Waals surface area contributed by atoms with Crippen LogP contribution < -0.4 is 4.74 Å². The maximum atomic E-state index is 5.43. The summed E-state index contributed by atoms with van der Waals surface area (Å²) in [7, 11) is 1.68. The Kier molecular flexibility index (Phi) is 4.59. The van der Waals surface area contributed by atoms with Crippen molar-refractivity contribution in [3.63, 3.8) is 0 Å². The highest BCUT2D eigenvalue weighted by Gasteiger charge is 2.09. The van der Waals surface area contributed by atoms with Crippen molar-refractivity contribution < 1.29 is 14.2 Å². The van der Waals surface area contributed by atoms with Gasteiger partial charge < -0.3 is 14.2 Å². The molecule has 1 aromatic rings. The first-order valence-electron chi connectivity index (χ1n) is 5.91. The zero-order chi connectivity index (χ0) is 11.9.